The molecule has 2 saturated carbocycles. The number of hydrogen-bond donors (Lipinski definition) is 2. The summed E-state index contributed by atoms with van der Waals surface area (Å²) in [6.07, 6.45) is 5.91. The first kappa shape index (κ1) is 12.9. The van der Waals surface area contributed by atoms with Crippen LogP contribution in [-0.4, -0.2) is 18.5 Å². The van der Waals surface area contributed by atoms with Crippen LogP contribution in [0.15, 0.2) is 0 Å². The van der Waals surface area contributed by atoms with E-state index in [2.05, 4.69) is 19.2 Å². The van der Waals surface area contributed by atoms with Crippen molar-refractivity contribution in [1.82, 2.24) is 5.32 Å². The molecule has 4 atom stereocenters. The van der Waals surface area contributed by atoms with E-state index in [1.165, 1.54) is 19.3 Å². The third kappa shape index (κ3) is 2.49. The van der Waals surface area contributed by atoms with Crippen molar-refractivity contribution in [2.24, 2.45) is 29.4 Å². The lowest BCUT2D eigenvalue weighted by Crippen LogP contribution is -2.46. The maximum atomic E-state index is 12.2. The third-order valence-electron chi connectivity index (χ3n) is 5.00. The lowest BCUT2D eigenvalue weighted by Gasteiger charge is -2.27. The first-order valence-electron chi connectivity index (χ1n) is 7.20. The minimum absolute atomic E-state index is 0.100. The second-order valence-electron chi connectivity index (χ2n) is 5.86. The Hall–Kier alpha value is -0.570. The maximum absolute atomic E-state index is 12.2. The summed E-state index contributed by atoms with van der Waals surface area (Å²) in [5.41, 5.74) is 6.18. The molecular weight excluding hydrogens is 212 g/mol. The zero-order valence-electron chi connectivity index (χ0n) is 11.1. The van der Waals surface area contributed by atoms with Crippen LogP contribution in [0.1, 0.15) is 46.0 Å². The molecule has 0 aromatic rings. The van der Waals surface area contributed by atoms with Crippen LogP contribution in [0.2, 0.25) is 0 Å². The summed E-state index contributed by atoms with van der Waals surface area (Å²) in [4.78, 5) is 12.2. The fraction of sp³-hybridized carbons (Fsp3) is 0.929. The summed E-state index contributed by atoms with van der Waals surface area (Å²) in [7, 11) is 0. The molecule has 2 aliphatic rings. The van der Waals surface area contributed by atoms with E-state index in [0.29, 0.717) is 17.8 Å². The number of nitrogens with two attached hydrogens (primary N) is 1. The highest BCUT2D eigenvalue weighted by molar-refractivity contribution is 5.80. The normalized spacial score (nSPS) is 35.5. The minimum Gasteiger partial charge on any atom is -0.356 e. The second-order valence-corrected chi connectivity index (χ2v) is 5.86. The van der Waals surface area contributed by atoms with E-state index in [1.54, 1.807) is 0 Å². The number of fused-ring (bicyclic) bond motifs is 2. The Morgan fingerprint density at radius 3 is 2.47 bits per heavy atom. The predicted octanol–water partition coefficient (Wildman–Crippen LogP) is 1.91. The Bertz CT molecular complexity index is 273. The van der Waals surface area contributed by atoms with Gasteiger partial charge in [0.1, 0.15) is 0 Å². The average molecular weight is 238 g/mol. The summed E-state index contributed by atoms with van der Waals surface area (Å²) >= 11 is 0. The van der Waals surface area contributed by atoms with Crippen molar-refractivity contribution in [3.8, 4) is 0 Å². The standard InChI is InChI=1S/C14H26N2O/c1-3-9(4-2)8-16-14(17)12-10-5-6-11(7-10)13(12)15/h9-13H,3-8,15H2,1-2H3,(H,16,17). The van der Waals surface area contributed by atoms with Gasteiger partial charge in [0.05, 0.1) is 5.92 Å². The van der Waals surface area contributed by atoms with Crippen LogP contribution in [0, 0.1) is 23.7 Å². The van der Waals surface area contributed by atoms with Crippen molar-refractivity contribution in [2.45, 2.75) is 52.0 Å². The van der Waals surface area contributed by atoms with Crippen LogP contribution >= 0.6 is 0 Å². The van der Waals surface area contributed by atoms with E-state index in [4.69, 9.17) is 5.73 Å². The van der Waals surface area contributed by atoms with Crippen molar-refractivity contribution < 1.29 is 4.79 Å². The zero-order valence-corrected chi connectivity index (χ0v) is 11.1. The molecular formula is C14H26N2O. The van der Waals surface area contributed by atoms with Gasteiger partial charge in [-0.2, -0.15) is 0 Å². The molecule has 3 heteroatoms. The van der Waals surface area contributed by atoms with Gasteiger partial charge in [0, 0.05) is 12.6 Å². The van der Waals surface area contributed by atoms with Gasteiger partial charge in [-0.05, 0) is 37.0 Å². The van der Waals surface area contributed by atoms with Gasteiger partial charge < -0.3 is 11.1 Å². The highest BCUT2D eigenvalue weighted by Gasteiger charge is 2.48. The SMILES string of the molecule is CCC(CC)CNC(=O)C1C2CCC(C2)C1N. The maximum Gasteiger partial charge on any atom is 0.224 e. The van der Waals surface area contributed by atoms with E-state index in [0.717, 1.165) is 19.4 Å². The topological polar surface area (TPSA) is 55.1 Å². The average Bonchev–Trinajstić information content (AvgIpc) is 2.90. The Morgan fingerprint density at radius 2 is 1.94 bits per heavy atom. The monoisotopic (exact) mass is 238 g/mol. The quantitative estimate of drug-likeness (QED) is 0.768. The smallest absolute Gasteiger partial charge is 0.224 e. The molecule has 2 bridgehead atoms. The van der Waals surface area contributed by atoms with Gasteiger partial charge in [0.2, 0.25) is 5.91 Å². The summed E-state index contributed by atoms with van der Waals surface area (Å²) in [6.45, 7) is 5.19. The molecule has 2 fully saturated rings. The molecule has 4 unspecified atom stereocenters. The Labute approximate surface area is 105 Å². The fourth-order valence-corrected chi connectivity index (χ4v) is 3.66. The van der Waals surface area contributed by atoms with Crippen molar-refractivity contribution >= 4 is 5.91 Å². The first-order valence-corrected chi connectivity index (χ1v) is 7.20. The summed E-state index contributed by atoms with van der Waals surface area (Å²) in [6, 6.07) is 0.121. The highest BCUT2D eigenvalue weighted by Crippen LogP contribution is 2.47. The largest absolute Gasteiger partial charge is 0.356 e. The van der Waals surface area contributed by atoms with Crippen LogP contribution < -0.4 is 11.1 Å². The van der Waals surface area contributed by atoms with Gasteiger partial charge in [-0.3, -0.25) is 4.79 Å². The number of amides is 1. The van der Waals surface area contributed by atoms with E-state index in [-0.39, 0.29) is 17.9 Å². The van der Waals surface area contributed by atoms with Gasteiger partial charge in [-0.15, -0.1) is 0 Å². The number of carbonyl (C=O) groups is 1. The van der Waals surface area contributed by atoms with E-state index < -0.39 is 0 Å². The molecule has 1 amide bonds. The molecule has 0 heterocycles. The molecule has 0 aliphatic heterocycles. The first-order chi connectivity index (χ1) is 8.17. The molecule has 2 rings (SSSR count). The van der Waals surface area contributed by atoms with Crippen LogP contribution in [0.3, 0.4) is 0 Å². The number of carbonyl (C=O) groups excluding carboxylic acids is 1. The molecule has 0 aromatic carbocycles. The number of hydrogen-bond acceptors (Lipinski definition) is 2. The summed E-state index contributed by atoms with van der Waals surface area (Å²) in [5, 5.41) is 3.12. The van der Waals surface area contributed by atoms with E-state index in [1.807, 2.05) is 0 Å². The Balaban J connectivity index is 1.84. The summed E-state index contributed by atoms with van der Waals surface area (Å²) < 4.78 is 0. The third-order valence-corrected chi connectivity index (χ3v) is 5.00. The molecule has 3 nitrogen and oxygen atoms in total. The van der Waals surface area contributed by atoms with Crippen molar-refractivity contribution in [2.75, 3.05) is 6.54 Å². The molecule has 0 spiro atoms. The Kier molecular flexibility index (Phi) is 4.08. The summed E-state index contributed by atoms with van der Waals surface area (Å²) in [5.74, 6) is 2.12. The lowest BCUT2D eigenvalue weighted by molar-refractivity contribution is -0.127. The fourth-order valence-electron chi connectivity index (χ4n) is 3.66. The number of nitrogens with one attached hydrogen (secondary N) is 1. The van der Waals surface area contributed by atoms with Gasteiger partial charge in [0.15, 0.2) is 0 Å². The molecule has 0 saturated heterocycles. The minimum atomic E-state index is 0.100. The van der Waals surface area contributed by atoms with Gasteiger partial charge >= 0.3 is 0 Å². The lowest BCUT2D eigenvalue weighted by atomic mass is 9.84. The van der Waals surface area contributed by atoms with Crippen molar-refractivity contribution in [3.05, 3.63) is 0 Å². The molecule has 3 N–H and O–H groups in total. The van der Waals surface area contributed by atoms with Crippen LogP contribution in [0.25, 0.3) is 0 Å². The van der Waals surface area contributed by atoms with Crippen LogP contribution in [-0.2, 0) is 4.79 Å². The van der Waals surface area contributed by atoms with Crippen molar-refractivity contribution in [1.29, 1.82) is 0 Å². The molecule has 2 aliphatic carbocycles. The second kappa shape index (κ2) is 5.38. The van der Waals surface area contributed by atoms with Crippen LogP contribution in [0.5, 0.6) is 0 Å². The molecule has 0 radical (unpaired) electrons. The van der Waals surface area contributed by atoms with Gasteiger partial charge in [0.25, 0.3) is 0 Å². The van der Waals surface area contributed by atoms with E-state index >= 15 is 0 Å². The van der Waals surface area contributed by atoms with Crippen LogP contribution in [0.4, 0.5) is 0 Å². The predicted molar refractivity (Wildman–Crippen MR) is 69.4 cm³/mol. The van der Waals surface area contributed by atoms with Gasteiger partial charge in [-0.1, -0.05) is 26.7 Å². The van der Waals surface area contributed by atoms with Gasteiger partial charge in [-0.25, -0.2) is 0 Å². The molecule has 98 valence electrons. The molecule has 0 aromatic heterocycles. The Morgan fingerprint density at radius 1 is 1.29 bits per heavy atom. The molecule has 17 heavy (non-hydrogen) atoms. The van der Waals surface area contributed by atoms with E-state index in [9.17, 15) is 4.79 Å². The highest BCUT2D eigenvalue weighted by atomic mass is 16.1. The van der Waals surface area contributed by atoms with Crippen molar-refractivity contribution in [3.63, 3.8) is 0 Å². The zero-order chi connectivity index (χ0) is 12.4. The number of rotatable bonds is 5.